The zero-order valence-electron chi connectivity index (χ0n) is 12.9. The van der Waals surface area contributed by atoms with Crippen molar-refractivity contribution in [3.05, 3.63) is 35.6 Å². The summed E-state index contributed by atoms with van der Waals surface area (Å²) in [5, 5.41) is 0. The van der Waals surface area contributed by atoms with Crippen LogP contribution >= 0.6 is 0 Å². The minimum Gasteiger partial charge on any atom is -0.329 e. The van der Waals surface area contributed by atoms with Gasteiger partial charge in [0, 0.05) is 18.6 Å². The Bertz CT molecular complexity index is 448. The summed E-state index contributed by atoms with van der Waals surface area (Å²) in [6, 6.07) is 6.88. The highest BCUT2D eigenvalue weighted by atomic mass is 19.1. The summed E-state index contributed by atoms with van der Waals surface area (Å²) in [5.41, 5.74) is 7.20. The third-order valence-corrected chi connectivity index (χ3v) is 5.24. The molecule has 20 heavy (non-hydrogen) atoms. The Morgan fingerprint density at radius 2 is 2.10 bits per heavy atom. The fourth-order valence-corrected chi connectivity index (χ4v) is 3.45. The average molecular weight is 278 g/mol. The summed E-state index contributed by atoms with van der Waals surface area (Å²) in [7, 11) is 2.13. The summed E-state index contributed by atoms with van der Waals surface area (Å²) in [6.45, 7) is 6.09. The largest absolute Gasteiger partial charge is 0.329 e. The predicted molar refractivity (Wildman–Crippen MR) is 81.8 cm³/mol. The van der Waals surface area contributed by atoms with Gasteiger partial charge in [-0.05, 0) is 55.8 Å². The molecule has 112 valence electrons. The standard InChI is InChI=1S/C17H27FN2/c1-13-7-8-17(12-19,10-14(13)2)20(3)11-15-5-4-6-16(18)9-15/h4-6,9,13-14H,7-8,10-12,19H2,1-3H3. The number of halogens is 1. The lowest BCUT2D eigenvalue weighted by molar-refractivity contribution is 0.0349. The monoisotopic (exact) mass is 278 g/mol. The van der Waals surface area contributed by atoms with E-state index in [9.17, 15) is 4.39 Å². The van der Waals surface area contributed by atoms with Gasteiger partial charge in [0.2, 0.25) is 0 Å². The first-order valence-electron chi connectivity index (χ1n) is 7.62. The van der Waals surface area contributed by atoms with E-state index in [1.807, 2.05) is 6.07 Å². The summed E-state index contributed by atoms with van der Waals surface area (Å²) in [5.74, 6) is 1.31. The molecule has 3 atom stereocenters. The summed E-state index contributed by atoms with van der Waals surface area (Å²) >= 11 is 0. The highest BCUT2D eigenvalue weighted by molar-refractivity contribution is 5.16. The average Bonchev–Trinajstić information content (AvgIpc) is 2.42. The molecule has 2 N–H and O–H groups in total. The molecule has 1 aliphatic rings. The Balaban J connectivity index is 2.11. The molecule has 3 unspecified atom stereocenters. The number of nitrogens with zero attached hydrogens (tertiary/aromatic N) is 1. The van der Waals surface area contributed by atoms with Crippen molar-refractivity contribution in [1.82, 2.24) is 4.90 Å². The van der Waals surface area contributed by atoms with Crippen molar-refractivity contribution in [1.29, 1.82) is 0 Å². The van der Waals surface area contributed by atoms with E-state index in [4.69, 9.17) is 5.73 Å². The molecule has 0 radical (unpaired) electrons. The first kappa shape index (κ1) is 15.5. The van der Waals surface area contributed by atoms with Crippen LogP contribution in [0.25, 0.3) is 0 Å². The fourth-order valence-electron chi connectivity index (χ4n) is 3.45. The Morgan fingerprint density at radius 3 is 2.70 bits per heavy atom. The van der Waals surface area contributed by atoms with E-state index in [1.54, 1.807) is 12.1 Å². The van der Waals surface area contributed by atoms with E-state index in [1.165, 1.54) is 12.5 Å². The molecule has 1 fully saturated rings. The van der Waals surface area contributed by atoms with Gasteiger partial charge in [-0.2, -0.15) is 0 Å². The van der Waals surface area contributed by atoms with Crippen molar-refractivity contribution < 1.29 is 4.39 Å². The summed E-state index contributed by atoms with van der Waals surface area (Å²) < 4.78 is 13.3. The first-order valence-corrected chi connectivity index (χ1v) is 7.62. The van der Waals surface area contributed by atoms with E-state index in [-0.39, 0.29) is 11.4 Å². The van der Waals surface area contributed by atoms with Gasteiger partial charge >= 0.3 is 0 Å². The van der Waals surface area contributed by atoms with Crippen molar-refractivity contribution in [3.63, 3.8) is 0 Å². The van der Waals surface area contributed by atoms with Gasteiger partial charge in [0.1, 0.15) is 5.82 Å². The van der Waals surface area contributed by atoms with Gasteiger partial charge in [-0.3, -0.25) is 4.90 Å². The van der Waals surface area contributed by atoms with Crippen molar-refractivity contribution in [2.75, 3.05) is 13.6 Å². The van der Waals surface area contributed by atoms with Crippen molar-refractivity contribution in [3.8, 4) is 0 Å². The lowest BCUT2D eigenvalue weighted by Gasteiger charge is -2.48. The number of benzene rings is 1. The molecule has 0 aromatic heterocycles. The maximum absolute atomic E-state index is 13.3. The SMILES string of the molecule is CC1CCC(CN)(N(C)Cc2cccc(F)c2)CC1C. The maximum Gasteiger partial charge on any atom is 0.123 e. The van der Waals surface area contributed by atoms with Crippen molar-refractivity contribution in [2.24, 2.45) is 17.6 Å². The molecule has 0 saturated heterocycles. The van der Waals surface area contributed by atoms with Crippen LogP contribution in [0.5, 0.6) is 0 Å². The van der Waals surface area contributed by atoms with Gasteiger partial charge in [-0.25, -0.2) is 4.39 Å². The van der Waals surface area contributed by atoms with Gasteiger partial charge in [-0.1, -0.05) is 26.0 Å². The Labute approximate surface area is 122 Å². The number of hydrogen-bond acceptors (Lipinski definition) is 2. The van der Waals surface area contributed by atoms with E-state index in [2.05, 4.69) is 25.8 Å². The van der Waals surface area contributed by atoms with Crippen LogP contribution in [-0.2, 0) is 6.54 Å². The van der Waals surface area contributed by atoms with Crippen LogP contribution in [0.15, 0.2) is 24.3 Å². The summed E-state index contributed by atoms with van der Waals surface area (Å²) in [6.07, 6.45) is 3.50. The maximum atomic E-state index is 13.3. The smallest absolute Gasteiger partial charge is 0.123 e. The number of rotatable bonds is 4. The van der Waals surface area contributed by atoms with E-state index >= 15 is 0 Å². The second-order valence-electron chi connectivity index (χ2n) is 6.61. The molecule has 0 aliphatic heterocycles. The number of likely N-dealkylation sites (N-methyl/N-ethyl adjacent to an activating group) is 1. The topological polar surface area (TPSA) is 29.3 Å². The third-order valence-electron chi connectivity index (χ3n) is 5.24. The van der Waals surface area contributed by atoms with Crippen LogP contribution in [0.4, 0.5) is 4.39 Å². The van der Waals surface area contributed by atoms with Gasteiger partial charge in [-0.15, -0.1) is 0 Å². The molecule has 0 amide bonds. The number of hydrogen-bond donors (Lipinski definition) is 1. The second-order valence-corrected chi connectivity index (χ2v) is 6.61. The van der Waals surface area contributed by atoms with Crippen LogP contribution in [0.2, 0.25) is 0 Å². The minimum atomic E-state index is -0.164. The Kier molecular flexibility index (Phi) is 4.82. The lowest BCUT2D eigenvalue weighted by atomic mass is 9.70. The second kappa shape index (κ2) is 6.23. The van der Waals surface area contributed by atoms with Crippen molar-refractivity contribution >= 4 is 0 Å². The molecule has 2 nitrogen and oxygen atoms in total. The van der Waals surface area contributed by atoms with Crippen LogP contribution in [0.1, 0.15) is 38.7 Å². The van der Waals surface area contributed by atoms with Gasteiger partial charge < -0.3 is 5.73 Å². The van der Waals surface area contributed by atoms with Crippen LogP contribution in [0, 0.1) is 17.7 Å². The molecule has 1 saturated carbocycles. The molecule has 3 heteroatoms. The highest BCUT2D eigenvalue weighted by Crippen LogP contribution is 2.39. The summed E-state index contributed by atoms with van der Waals surface area (Å²) in [4.78, 5) is 2.34. The normalized spacial score (nSPS) is 30.7. The minimum absolute atomic E-state index is 0.0677. The molecule has 0 spiro atoms. The molecular weight excluding hydrogens is 251 g/mol. The first-order chi connectivity index (χ1) is 9.47. The zero-order chi connectivity index (χ0) is 14.8. The fraction of sp³-hybridized carbons (Fsp3) is 0.647. The van der Waals surface area contributed by atoms with Gasteiger partial charge in [0.15, 0.2) is 0 Å². The van der Waals surface area contributed by atoms with Gasteiger partial charge in [0.05, 0.1) is 0 Å². The highest BCUT2D eigenvalue weighted by Gasteiger charge is 2.39. The van der Waals surface area contributed by atoms with E-state index in [0.717, 1.165) is 30.9 Å². The lowest BCUT2D eigenvalue weighted by Crippen LogP contribution is -2.55. The molecule has 1 aromatic rings. The predicted octanol–water partition coefficient (Wildman–Crippen LogP) is 3.41. The van der Waals surface area contributed by atoms with Crippen LogP contribution in [-0.4, -0.2) is 24.0 Å². The van der Waals surface area contributed by atoms with E-state index in [0.29, 0.717) is 12.5 Å². The molecular formula is C17H27FN2. The molecule has 1 aromatic carbocycles. The molecule has 0 heterocycles. The molecule has 2 rings (SSSR count). The Morgan fingerprint density at radius 1 is 1.35 bits per heavy atom. The number of nitrogens with two attached hydrogens (primary N) is 1. The molecule has 0 bridgehead atoms. The Hall–Kier alpha value is -0.930. The van der Waals surface area contributed by atoms with E-state index < -0.39 is 0 Å². The quantitative estimate of drug-likeness (QED) is 0.914. The third kappa shape index (κ3) is 3.21. The van der Waals surface area contributed by atoms with Crippen molar-refractivity contribution in [2.45, 2.75) is 45.2 Å². The van der Waals surface area contributed by atoms with Gasteiger partial charge in [0.25, 0.3) is 0 Å². The zero-order valence-corrected chi connectivity index (χ0v) is 12.9. The molecule has 1 aliphatic carbocycles. The van der Waals surface area contributed by atoms with Crippen LogP contribution < -0.4 is 5.73 Å². The van der Waals surface area contributed by atoms with Crippen LogP contribution in [0.3, 0.4) is 0 Å².